The summed E-state index contributed by atoms with van der Waals surface area (Å²) < 4.78 is 0. The van der Waals surface area contributed by atoms with Crippen molar-refractivity contribution < 1.29 is 22.4 Å². The molecule has 0 aromatic carbocycles. The van der Waals surface area contributed by atoms with E-state index in [-0.39, 0.29) is 46.9 Å². The zero-order chi connectivity index (χ0) is 0. The van der Waals surface area contributed by atoms with E-state index in [1.165, 1.54) is 0 Å². The molecule has 0 heterocycles. The van der Waals surface area contributed by atoms with Crippen molar-refractivity contribution in [3.8, 4) is 0 Å². The van der Waals surface area contributed by atoms with Crippen LogP contribution in [0.1, 0.15) is 7.43 Å². The van der Waals surface area contributed by atoms with E-state index in [4.69, 9.17) is 0 Å². The molecule has 4 heavy (non-hydrogen) atoms. The van der Waals surface area contributed by atoms with E-state index < -0.39 is 0 Å². The first-order valence-corrected chi connectivity index (χ1v) is 0. The maximum Gasteiger partial charge on any atom is 0 e. The molecule has 1 nitrogen and oxygen atoms in total. The van der Waals surface area contributed by atoms with Crippen LogP contribution in [0.4, 0.5) is 0 Å². The standard InChI is InChI=1S/CH4.H3N.Nb.Si/h1H4;1H3;;. The second-order valence-electron chi connectivity index (χ2n) is 0. The Balaban J connectivity index is 0. The average molecular weight is 154 g/mol. The van der Waals surface area contributed by atoms with Gasteiger partial charge in [0.2, 0.25) is 0 Å². The molecule has 0 aliphatic heterocycles. The third-order valence-electron chi connectivity index (χ3n) is 0. The Bertz CT molecular complexity index is 8.00. The van der Waals surface area contributed by atoms with Gasteiger partial charge in [0, 0.05) is 33.3 Å². The van der Waals surface area contributed by atoms with Gasteiger partial charge < -0.3 is 6.15 Å². The van der Waals surface area contributed by atoms with E-state index in [0.717, 1.165) is 0 Å². The van der Waals surface area contributed by atoms with Crippen LogP contribution in [0.25, 0.3) is 0 Å². The predicted molar refractivity (Wildman–Crippen MR) is 17.5 cm³/mol. The van der Waals surface area contributed by atoms with Crippen molar-refractivity contribution in [2.24, 2.45) is 0 Å². The Morgan fingerprint density at radius 2 is 1.00 bits per heavy atom. The van der Waals surface area contributed by atoms with Crippen LogP contribution < -0.4 is 6.15 Å². The average Bonchev–Trinajstić information content (AvgIpc) is 0. The van der Waals surface area contributed by atoms with E-state index in [1.807, 2.05) is 0 Å². The van der Waals surface area contributed by atoms with Gasteiger partial charge in [-0.15, -0.1) is 0 Å². The second kappa shape index (κ2) is 39.6. The van der Waals surface area contributed by atoms with Gasteiger partial charge in [0.05, 0.1) is 0 Å². The van der Waals surface area contributed by atoms with Gasteiger partial charge in [0.15, 0.2) is 0 Å². The van der Waals surface area contributed by atoms with Gasteiger partial charge in [-0.2, -0.15) is 0 Å². The minimum absolute atomic E-state index is 0. The smallest absolute Gasteiger partial charge is 0 e. The molecule has 0 amide bonds. The summed E-state index contributed by atoms with van der Waals surface area (Å²) in [6.07, 6.45) is 0. The molecule has 0 spiro atoms. The molecule has 0 saturated heterocycles. The van der Waals surface area contributed by atoms with Crippen molar-refractivity contribution in [2.45, 2.75) is 7.43 Å². The van der Waals surface area contributed by atoms with Crippen LogP contribution in [-0.4, -0.2) is 11.0 Å². The maximum atomic E-state index is 0. The molecule has 0 aliphatic carbocycles. The van der Waals surface area contributed by atoms with E-state index in [2.05, 4.69) is 0 Å². The number of rotatable bonds is 0. The van der Waals surface area contributed by atoms with E-state index >= 15 is 0 Å². The van der Waals surface area contributed by atoms with Crippen molar-refractivity contribution in [3.05, 3.63) is 0 Å². The summed E-state index contributed by atoms with van der Waals surface area (Å²) in [5, 5.41) is 0. The Labute approximate surface area is 47.3 Å². The molecular weight excluding hydrogens is 147 g/mol. The van der Waals surface area contributed by atoms with E-state index in [9.17, 15) is 0 Å². The first-order chi connectivity index (χ1) is 0. The minimum atomic E-state index is 0. The van der Waals surface area contributed by atoms with Crippen LogP contribution in [0.5, 0.6) is 0 Å². The minimum Gasteiger partial charge on any atom is -0.344 e. The van der Waals surface area contributed by atoms with E-state index in [1.54, 1.807) is 0 Å². The number of hydrogen-bond acceptors (Lipinski definition) is 1. The first kappa shape index (κ1) is 89.7. The van der Waals surface area contributed by atoms with Crippen LogP contribution in [-0.2, 0) is 22.4 Å². The van der Waals surface area contributed by atoms with Crippen LogP contribution in [0, 0.1) is 0 Å². The molecular formula is CH7NNbSi. The normalized spacial score (nSPS) is 0. The third kappa shape index (κ3) is 12.7. The molecule has 0 aromatic rings. The Morgan fingerprint density at radius 1 is 1.00 bits per heavy atom. The fraction of sp³-hybridized carbons (Fsp3) is 1.00. The van der Waals surface area contributed by atoms with Gasteiger partial charge in [-0.3, -0.25) is 0 Å². The molecule has 0 unspecified atom stereocenters. The summed E-state index contributed by atoms with van der Waals surface area (Å²) in [5.41, 5.74) is 0. The summed E-state index contributed by atoms with van der Waals surface area (Å²) in [7, 11) is 0. The molecule has 0 atom stereocenters. The van der Waals surface area contributed by atoms with E-state index in [0.29, 0.717) is 0 Å². The van der Waals surface area contributed by atoms with Gasteiger partial charge in [0.1, 0.15) is 0 Å². The molecule has 0 bridgehead atoms. The molecule has 0 aliphatic rings. The number of hydrogen-bond donors (Lipinski definition) is 1. The molecule has 3 heteroatoms. The van der Waals surface area contributed by atoms with Gasteiger partial charge in [-0.05, 0) is 0 Å². The largest absolute Gasteiger partial charge is 0.344 e. The maximum absolute atomic E-state index is 0. The molecule has 25 valence electrons. The summed E-state index contributed by atoms with van der Waals surface area (Å²) in [6, 6.07) is 0. The van der Waals surface area contributed by atoms with Crippen LogP contribution in [0.2, 0.25) is 0 Å². The second-order valence-corrected chi connectivity index (χ2v) is 0. The Kier molecular flexibility index (Phi) is 889. The topological polar surface area (TPSA) is 35.0 Å². The van der Waals surface area contributed by atoms with Gasteiger partial charge in [-0.1, -0.05) is 7.43 Å². The Morgan fingerprint density at radius 3 is 1.00 bits per heavy atom. The van der Waals surface area contributed by atoms with Gasteiger partial charge >= 0.3 is 0 Å². The summed E-state index contributed by atoms with van der Waals surface area (Å²) in [5.74, 6) is 0. The van der Waals surface area contributed by atoms with Crippen LogP contribution >= 0.6 is 0 Å². The van der Waals surface area contributed by atoms with Gasteiger partial charge in [-0.25, -0.2) is 0 Å². The molecule has 0 rings (SSSR count). The quantitative estimate of drug-likeness (QED) is 0.504. The predicted octanol–water partition coefficient (Wildman–Crippen LogP) is 0.415. The molecule has 3 N–H and O–H groups in total. The van der Waals surface area contributed by atoms with Gasteiger partial charge in [0.25, 0.3) is 0 Å². The van der Waals surface area contributed by atoms with Crippen LogP contribution in [0.3, 0.4) is 0 Å². The molecule has 5 radical (unpaired) electrons. The van der Waals surface area contributed by atoms with Crippen molar-refractivity contribution in [1.29, 1.82) is 0 Å². The van der Waals surface area contributed by atoms with Crippen molar-refractivity contribution in [1.82, 2.24) is 6.15 Å². The summed E-state index contributed by atoms with van der Waals surface area (Å²) in [4.78, 5) is 0. The summed E-state index contributed by atoms with van der Waals surface area (Å²) >= 11 is 0. The van der Waals surface area contributed by atoms with Crippen molar-refractivity contribution in [2.75, 3.05) is 0 Å². The fourth-order valence-corrected chi connectivity index (χ4v) is 0. The zero-order valence-corrected chi connectivity index (χ0v) is 4.85. The fourth-order valence-electron chi connectivity index (χ4n) is 0. The summed E-state index contributed by atoms with van der Waals surface area (Å²) in [6.45, 7) is 0. The Hall–Kier alpha value is 0.917. The molecule has 0 aromatic heterocycles. The first-order valence-electron chi connectivity index (χ1n) is 0. The molecule has 0 fully saturated rings. The molecule has 0 saturated carbocycles. The zero-order valence-electron chi connectivity index (χ0n) is 1.65. The SMILES string of the molecule is C.N.[Nb].[Si]. The monoisotopic (exact) mass is 154 g/mol. The van der Waals surface area contributed by atoms with Crippen molar-refractivity contribution in [3.63, 3.8) is 0 Å². The van der Waals surface area contributed by atoms with Crippen LogP contribution in [0.15, 0.2) is 0 Å². The van der Waals surface area contributed by atoms with Crippen molar-refractivity contribution >= 4 is 11.0 Å². The third-order valence-corrected chi connectivity index (χ3v) is 0.